The number of ether oxygens (including phenoxy) is 1. The second-order valence-electron chi connectivity index (χ2n) is 7.64. The number of benzene rings is 2. The number of rotatable bonds is 6. The van der Waals surface area contributed by atoms with Crippen molar-refractivity contribution in [2.75, 3.05) is 13.2 Å². The van der Waals surface area contributed by atoms with Gasteiger partial charge in [-0.25, -0.2) is 0 Å². The molecule has 0 bridgehead atoms. The van der Waals surface area contributed by atoms with E-state index in [-0.39, 0.29) is 0 Å². The third kappa shape index (κ3) is 3.87. The summed E-state index contributed by atoms with van der Waals surface area (Å²) in [5, 5.41) is 15.0. The molecule has 4 heteroatoms. The van der Waals surface area contributed by atoms with E-state index in [9.17, 15) is 5.11 Å². The Bertz CT molecular complexity index is 931. The Labute approximate surface area is 160 Å². The van der Waals surface area contributed by atoms with E-state index in [1.807, 2.05) is 12.1 Å². The molecule has 0 saturated carbocycles. The fraction of sp³-hybridized carbons (Fsp3) is 0.391. The highest BCUT2D eigenvalue weighted by Gasteiger charge is 2.19. The van der Waals surface area contributed by atoms with Gasteiger partial charge in [-0.2, -0.15) is 0 Å². The van der Waals surface area contributed by atoms with Gasteiger partial charge in [0, 0.05) is 29.2 Å². The van der Waals surface area contributed by atoms with E-state index >= 15 is 0 Å². The van der Waals surface area contributed by atoms with Gasteiger partial charge >= 0.3 is 0 Å². The molecule has 142 valence electrons. The second kappa shape index (κ2) is 7.75. The molecule has 1 aliphatic rings. The molecule has 1 aliphatic carbocycles. The van der Waals surface area contributed by atoms with Crippen molar-refractivity contribution in [3.63, 3.8) is 0 Å². The fourth-order valence-electron chi connectivity index (χ4n) is 4.05. The first-order chi connectivity index (χ1) is 13.1. The molecule has 2 unspecified atom stereocenters. The number of aliphatic hydroxyl groups is 1. The molecule has 3 aromatic rings. The zero-order valence-corrected chi connectivity index (χ0v) is 16.1. The van der Waals surface area contributed by atoms with Gasteiger partial charge in [-0.05, 0) is 61.9 Å². The first kappa shape index (κ1) is 18.1. The van der Waals surface area contributed by atoms with E-state index in [2.05, 4.69) is 54.5 Å². The standard InChI is InChI=1S/C23H28N2O2/c1-15-16(2)25-21-8-5-9-22(23(15)21)27-14-20(26)13-24-19-11-10-17-6-3-4-7-18(17)12-19/h3-9,19-20,24-26H,10-14H2,1-2H3. The lowest BCUT2D eigenvalue weighted by Gasteiger charge is -2.26. The molecule has 0 saturated heterocycles. The van der Waals surface area contributed by atoms with E-state index in [4.69, 9.17) is 4.74 Å². The summed E-state index contributed by atoms with van der Waals surface area (Å²) < 4.78 is 5.96. The van der Waals surface area contributed by atoms with Gasteiger partial charge in [-0.1, -0.05) is 30.3 Å². The first-order valence-electron chi connectivity index (χ1n) is 9.80. The first-order valence-corrected chi connectivity index (χ1v) is 9.80. The van der Waals surface area contributed by atoms with E-state index in [1.54, 1.807) is 0 Å². The number of aromatic amines is 1. The van der Waals surface area contributed by atoms with Crippen LogP contribution in [-0.2, 0) is 12.8 Å². The maximum atomic E-state index is 10.4. The van der Waals surface area contributed by atoms with Crippen LogP contribution in [0.4, 0.5) is 0 Å². The Morgan fingerprint density at radius 3 is 2.81 bits per heavy atom. The Morgan fingerprint density at radius 2 is 1.96 bits per heavy atom. The Morgan fingerprint density at radius 1 is 1.15 bits per heavy atom. The Kier molecular flexibility index (Phi) is 5.19. The molecule has 0 aliphatic heterocycles. The van der Waals surface area contributed by atoms with E-state index in [0.717, 1.165) is 41.6 Å². The van der Waals surface area contributed by atoms with Crippen molar-refractivity contribution < 1.29 is 9.84 Å². The summed E-state index contributed by atoms with van der Waals surface area (Å²) in [6, 6.07) is 15.1. The molecule has 0 spiro atoms. The lowest BCUT2D eigenvalue weighted by atomic mass is 9.88. The summed E-state index contributed by atoms with van der Waals surface area (Å²) in [6.45, 7) is 5.01. The largest absolute Gasteiger partial charge is 0.490 e. The normalized spacial score (nSPS) is 17.7. The van der Waals surface area contributed by atoms with Crippen LogP contribution >= 0.6 is 0 Å². The second-order valence-corrected chi connectivity index (χ2v) is 7.64. The van der Waals surface area contributed by atoms with Gasteiger partial charge in [0.25, 0.3) is 0 Å². The average Bonchev–Trinajstić information content (AvgIpc) is 2.99. The van der Waals surface area contributed by atoms with Crippen molar-refractivity contribution >= 4 is 10.9 Å². The minimum absolute atomic E-state index is 0.291. The van der Waals surface area contributed by atoms with Gasteiger partial charge < -0.3 is 20.1 Å². The highest BCUT2D eigenvalue weighted by molar-refractivity contribution is 5.90. The molecule has 0 radical (unpaired) electrons. The molecule has 4 nitrogen and oxygen atoms in total. The molecule has 0 amide bonds. The van der Waals surface area contributed by atoms with Crippen LogP contribution in [0.15, 0.2) is 42.5 Å². The van der Waals surface area contributed by atoms with Crippen LogP contribution in [0.25, 0.3) is 10.9 Å². The molecule has 1 aromatic heterocycles. The fourth-order valence-corrected chi connectivity index (χ4v) is 4.05. The van der Waals surface area contributed by atoms with Crippen LogP contribution in [0.1, 0.15) is 28.8 Å². The van der Waals surface area contributed by atoms with Gasteiger partial charge in [0.05, 0.1) is 0 Å². The molecule has 27 heavy (non-hydrogen) atoms. The van der Waals surface area contributed by atoms with Gasteiger partial charge in [0.15, 0.2) is 0 Å². The molecule has 0 fully saturated rings. The zero-order valence-electron chi connectivity index (χ0n) is 16.1. The SMILES string of the molecule is Cc1[nH]c2cccc(OCC(O)CNC3CCc4ccccc4C3)c2c1C. The summed E-state index contributed by atoms with van der Waals surface area (Å²) in [5.41, 5.74) is 6.33. The lowest BCUT2D eigenvalue weighted by molar-refractivity contribution is 0.104. The minimum atomic E-state index is -0.530. The number of hydrogen-bond donors (Lipinski definition) is 3. The van der Waals surface area contributed by atoms with Crippen LogP contribution in [0.5, 0.6) is 5.75 Å². The maximum Gasteiger partial charge on any atom is 0.129 e. The number of fused-ring (bicyclic) bond motifs is 2. The molecule has 4 rings (SSSR count). The van der Waals surface area contributed by atoms with Crippen molar-refractivity contribution in [2.45, 2.75) is 45.3 Å². The number of hydrogen-bond acceptors (Lipinski definition) is 3. The molecule has 1 heterocycles. The highest BCUT2D eigenvalue weighted by atomic mass is 16.5. The Hall–Kier alpha value is -2.30. The quantitative estimate of drug-likeness (QED) is 0.625. The number of aryl methyl sites for hydroxylation is 3. The van der Waals surface area contributed by atoms with Crippen LogP contribution in [-0.4, -0.2) is 35.4 Å². The predicted molar refractivity (Wildman–Crippen MR) is 110 cm³/mol. The van der Waals surface area contributed by atoms with Crippen LogP contribution in [0, 0.1) is 13.8 Å². The van der Waals surface area contributed by atoms with Crippen molar-refractivity contribution in [3.05, 3.63) is 64.8 Å². The summed E-state index contributed by atoms with van der Waals surface area (Å²) >= 11 is 0. The average molecular weight is 364 g/mol. The number of aromatic nitrogens is 1. The van der Waals surface area contributed by atoms with Crippen LogP contribution in [0.2, 0.25) is 0 Å². The molecular formula is C23H28N2O2. The predicted octanol–water partition coefficient (Wildman–Crippen LogP) is 3.67. The van der Waals surface area contributed by atoms with Crippen LogP contribution < -0.4 is 10.1 Å². The minimum Gasteiger partial charge on any atom is -0.490 e. The van der Waals surface area contributed by atoms with Crippen molar-refractivity contribution in [3.8, 4) is 5.75 Å². The van der Waals surface area contributed by atoms with E-state index in [0.29, 0.717) is 19.2 Å². The van der Waals surface area contributed by atoms with Gasteiger partial charge in [-0.3, -0.25) is 0 Å². The van der Waals surface area contributed by atoms with Crippen molar-refractivity contribution in [2.24, 2.45) is 0 Å². The lowest BCUT2D eigenvalue weighted by Crippen LogP contribution is -2.40. The summed E-state index contributed by atoms with van der Waals surface area (Å²) in [5.74, 6) is 0.833. The smallest absolute Gasteiger partial charge is 0.129 e. The van der Waals surface area contributed by atoms with Crippen molar-refractivity contribution in [1.82, 2.24) is 10.3 Å². The molecular weight excluding hydrogens is 336 g/mol. The summed E-state index contributed by atoms with van der Waals surface area (Å²) in [6.07, 6.45) is 2.73. The molecule has 2 atom stereocenters. The van der Waals surface area contributed by atoms with Crippen LogP contribution in [0.3, 0.4) is 0 Å². The maximum absolute atomic E-state index is 10.4. The topological polar surface area (TPSA) is 57.3 Å². The molecule has 3 N–H and O–H groups in total. The Balaban J connectivity index is 1.31. The van der Waals surface area contributed by atoms with Gasteiger partial charge in [0.1, 0.15) is 18.5 Å². The zero-order chi connectivity index (χ0) is 18.8. The van der Waals surface area contributed by atoms with Gasteiger partial charge in [0.2, 0.25) is 0 Å². The monoisotopic (exact) mass is 364 g/mol. The van der Waals surface area contributed by atoms with E-state index in [1.165, 1.54) is 16.7 Å². The third-order valence-electron chi connectivity index (χ3n) is 5.71. The summed E-state index contributed by atoms with van der Waals surface area (Å²) in [7, 11) is 0. The molecule has 2 aromatic carbocycles. The summed E-state index contributed by atoms with van der Waals surface area (Å²) in [4.78, 5) is 3.38. The number of H-pyrrole nitrogens is 1. The highest BCUT2D eigenvalue weighted by Crippen LogP contribution is 2.30. The van der Waals surface area contributed by atoms with Gasteiger partial charge in [-0.15, -0.1) is 0 Å². The third-order valence-corrected chi connectivity index (χ3v) is 5.71. The number of aliphatic hydroxyl groups excluding tert-OH is 1. The van der Waals surface area contributed by atoms with E-state index < -0.39 is 6.10 Å². The number of nitrogens with one attached hydrogen (secondary N) is 2. The van der Waals surface area contributed by atoms with Crippen molar-refractivity contribution in [1.29, 1.82) is 0 Å².